The van der Waals surface area contributed by atoms with Crippen LogP contribution in [0.15, 0.2) is 35.9 Å². The van der Waals surface area contributed by atoms with E-state index in [1.165, 1.54) is 0 Å². The lowest BCUT2D eigenvalue weighted by molar-refractivity contribution is -0.138. The van der Waals surface area contributed by atoms with Crippen LogP contribution >= 0.6 is 0 Å². The van der Waals surface area contributed by atoms with E-state index >= 15 is 0 Å². The molecule has 0 unspecified atom stereocenters. The highest BCUT2D eigenvalue weighted by molar-refractivity contribution is 6.74. The van der Waals surface area contributed by atoms with E-state index in [1.54, 1.807) is 7.11 Å². The molecule has 0 fully saturated rings. The number of esters is 1. The summed E-state index contributed by atoms with van der Waals surface area (Å²) in [6, 6.07) is 7.97. The first kappa shape index (κ1) is 32.4. The highest BCUT2D eigenvalue weighted by Gasteiger charge is 2.43. The summed E-state index contributed by atoms with van der Waals surface area (Å²) >= 11 is 0. The molecule has 6 heteroatoms. The van der Waals surface area contributed by atoms with E-state index in [0.717, 1.165) is 17.7 Å². The van der Waals surface area contributed by atoms with Crippen LogP contribution in [0.3, 0.4) is 0 Å². The number of ether oxygens (including phenoxy) is 3. The molecule has 0 radical (unpaired) electrons. The Bertz CT molecular complexity index is 825. The van der Waals surface area contributed by atoms with Crippen molar-refractivity contribution in [3.63, 3.8) is 0 Å². The Hall–Kier alpha value is -1.63. The number of methoxy groups -OCH3 is 1. The normalized spacial score (nSPS) is 17.2. The molecule has 0 bridgehead atoms. The third kappa shape index (κ3) is 9.35. The van der Waals surface area contributed by atoms with E-state index in [2.05, 4.69) is 61.6 Å². The second-order valence-corrected chi connectivity index (χ2v) is 16.4. The lowest BCUT2D eigenvalue weighted by Gasteiger charge is -2.45. The summed E-state index contributed by atoms with van der Waals surface area (Å²) in [4.78, 5) is 12.3. The van der Waals surface area contributed by atoms with Gasteiger partial charge in [-0.2, -0.15) is 0 Å². The van der Waals surface area contributed by atoms with Crippen molar-refractivity contribution >= 4 is 14.3 Å². The first-order chi connectivity index (χ1) is 16.7. The third-order valence-electron chi connectivity index (χ3n) is 7.71. The number of benzene rings is 1. The van der Waals surface area contributed by atoms with Crippen molar-refractivity contribution in [3.8, 4) is 5.75 Å². The maximum absolute atomic E-state index is 12.3. The fraction of sp³-hybridized carbons (Fsp3) is 0.700. The van der Waals surface area contributed by atoms with Crippen molar-refractivity contribution in [3.05, 3.63) is 41.5 Å². The summed E-state index contributed by atoms with van der Waals surface area (Å²) in [5, 5.41) is 0.115. The van der Waals surface area contributed by atoms with Crippen LogP contribution < -0.4 is 4.74 Å². The molecule has 0 aliphatic carbocycles. The molecule has 0 amide bonds. The van der Waals surface area contributed by atoms with Crippen LogP contribution in [0.1, 0.15) is 74.3 Å². The predicted octanol–water partition coefficient (Wildman–Crippen LogP) is 7.80. The minimum Gasteiger partial charge on any atom is -0.497 e. The third-order valence-corrected chi connectivity index (χ3v) is 12.2. The lowest BCUT2D eigenvalue weighted by Crippen LogP contribution is -2.50. The van der Waals surface area contributed by atoms with Gasteiger partial charge in [-0.1, -0.05) is 73.1 Å². The summed E-state index contributed by atoms with van der Waals surface area (Å²) in [5.74, 6) is 1.04. The summed E-state index contributed by atoms with van der Waals surface area (Å²) < 4.78 is 24.2. The van der Waals surface area contributed by atoms with E-state index in [-0.39, 0.29) is 35.1 Å². The number of carbonyl (C=O) groups excluding carboxylic acids is 1. The van der Waals surface area contributed by atoms with E-state index in [9.17, 15) is 4.79 Å². The summed E-state index contributed by atoms with van der Waals surface area (Å²) in [5.41, 5.74) is 1.69. The monoisotopic (exact) mass is 520 g/mol. The summed E-state index contributed by atoms with van der Waals surface area (Å²) in [6.45, 7) is 24.8. The molecule has 36 heavy (non-hydrogen) atoms. The average Bonchev–Trinajstić information content (AvgIpc) is 2.81. The van der Waals surface area contributed by atoms with Gasteiger partial charge in [0.15, 0.2) is 8.32 Å². The molecule has 5 atom stereocenters. The van der Waals surface area contributed by atoms with Crippen LogP contribution in [0.5, 0.6) is 5.75 Å². The van der Waals surface area contributed by atoms with Gasteiger partial charge in [0.05, 0.1) is 32.5 Å². The van der Waals surface area contributed by atoms with Gasteiger partial charge in [0, 0.05) is 17.4 Å². The molecule has 1 aromatic rings. The Balaban J connectivity index is 3.33. The molecule has 0 aliphatic rings. The van der Waals surface area contributed by atoms with Gasteiger partial charge in [-0.15, -0.1) is 0 Å². The van der Waals surface area contributed by atoms with Crippen LogP contribution in [-0.2, 0) is 25.3 Å². The van der Waals surface area contributed by atoms with Gasteiger partial charge in [0.25, 0.3) is 0 Å². The van der Waals surface area contributed by atoms with E-state index in [4.69, 9.17) is 18.6 Å². The van der Waals surface area contributed by atoms with Gasteiger partial charge in [0.1, 0.15) is 5.75 Å². The van der Waals surface area contributed by atoms with Gasteiger partial charge in [-0.25, -0.2) is 4.79 Å². The molecule has 206 valence electrons. The Labute approximate surface area is 222 Å². The SMILES string of the molecule is CCOC(=O)/C(C)=C/[C@@H](C)[C@H](OCc1ccc(OC)cc1)[C@@H](C)[C@H](O[Si](C)(C)C(C)(C)C)[C@@H](C)CC. The van der Waals surface area contributed by atoms with Gasteiger partial charge in [0.2, 0.25) is 0 Å². The van der Waals surface area contributed by atoms with Crippen molar-refractivity contribution in [2.75, 3.05) is 13.7 Å². The van der Waals surface area contributed by atoms with Crippen LogP contribution in [0, 0.1) is 17.8 Å². The Kier molecular flexibility index (Phi) is 12.9. The second kappa shape index (κ2) is 14.3. The number of rotatable bonds is 14. The van der Waals surface area contributed by atoms with Crippen LogP contribution in [0.25, 0.3) is 0 Å². The van der Waals surface area contributed by atoms with Crippen LogP contribution in [0.4, 0.5) is 0 Å². The van der Waals surface area contributed by atoms with E-state index in [0.29, 0.717) is 24.7 Å². The highest BCUT2D eigenvalue weighted by atomic mass is 28.4. The second-order valence-electron chi connectivity index (χ2n) is 11.6. The first-order valence-electron chi connectivity index (χ1n) is 13.5. The average molecular weight is 521 g/mol. The van der Waals surface area contributed by atoms with Gasteiger partial charge >= 0.3 is 5.97 Å². The molecule has 0 aromatic heterocycles. The van der Waals surface area contributed by atoms with Crippen molar-refractivity contribution in [1.29, 1.82) is 0 Å². The highest BCUT2D eigenvalue weighted by Crippen LogP contribution is 2.40. The van der Waals surface area contributed by atoms with E-state index in [1.807, 2.05) is 44.2 Å². The molecule has 5 nitrogen and oxygen atoms in total. The van der Waals surface area contributed by atoms with Crippen molar-refractivity contribution in [1.82, 2.24) is 0 Å². The maximum Gasteiger partial charge on any atom is 0.333 e. The van der Waals surface area contributed by atoms with Crippen LogP contribution in [0.2, 0.25) is 18.1 Å². The van der Waals surface area contributed by atoms with E-state index < -0.39 is 8.32 Å². The van der Waals surface area contributed by atoms with Crippen molar-refractivity contribution in [2.45, 2.75) is 106 Å². The Morgan fingerprint density at radius 3 is 2.08 bits per heavy atom. The zero-order chi connectivity index (χ0) is 27.7. The zero-order valence-corrected chi connectivity index (χ0v) is 25.9. The molecule has 0 saturated carbocycles. The molecule has 0 aliphatic heterocycles. The largest absolute Gasteiger partial charge is 0.497 e. The fourth-order valence-corrected chi connectivity index (χ4v) is 5.66. The van der Waals surface area contributed by atoms with Crippen molar-refractivity contribution < 1.29 is 23.4 Å². The molecular formula is C30H52O5Si. The van der Waals surface area contributed by atoms with Gasteiger partial charge in [-0.05, 0) is 55.6 Å². The standard InChI is InChI=1S/C30H52O5Si/c1-13-21(3)28(35-36(11,12)30(7,8)9)24(6)27(22(4)19-23(5)29(31)33-14-2)34-20-25-15-17-26(32-10)18-16-25/h15-19,21-22,24,27-28H,13-14,20H2,1-12H3/b23-19+/t21-,22+,24+,27-,28+/m0/s1. The minimum atomic E-state index is -2.01. The van der Waals surface area contributed by atoms with Gasteiger partial charge < -0.3 is 18.6 Å². The quantitative estimate of drug-likeness (QED) is 0.142. The predicted molar refractivity (Wildman–Crippen MR) is 152 cm³/mol. The first-order valence-corrected chi connectivity index (χ1v) is 16.4. The van der Waals surface area contributed by atoms with Crippen LogP contribution in [-0.4, -0.2) is 40.2 Å². The molecule has 1 rings (SSSR count). The summed E-state index contributed by atoms with van der Waals surface area (Å²) in [6.07, 6.45) is 2.93. The molecule has 1 aromatic carbocycles. The lowest BCUT2D eigenvalue weighted by atomic mass is 9.82. The molecular weight excluding hydrogens is 468 g/mol. The molecule has 0 N–H and O–H groups in total. The Morgan fingerprint density at radius 2 is 1.61 bits per heavy atom. The number of hydrogen-bond donors (Lipinski definition) is 0. The molecule has 0 saturated heterocycles. The zero-order valence-electron chi connectivity index (χ0n) is 24.9. The summed E-state index contributed by atoms with van der Waals surface area (Å²) in [7, 11) is -0.340. The smallest absolute Gasteiger partial charge is 0.333 e. The van der Waals surface area contributed by atoms with Gasteiger partial charge in [-0.3, -0.25) is 0 Å². The topological polar surface area (TPSA) is 54.0 Å². The maximum atomic E-state index is 12.3. The van der Waals surface area contributed by atoms with Crippen molar-refractivity contribution in [2.24, 2.45) is 17.8 Å². The number of hydrogen-bond acceptors (Lipinski definition) is 5. The number of carbonyl (C=O) groups is 1. The Morgan fingerprint density at radius 1 is 1.03 bits per heavy atom. The molecule has 0 heterocycles. The minimum absolute atomic E-state index is 0.00257. The molecule has 0 spiro atoms. The fourth-order valence-electron chi connectivity index (χ4n) is 4.18.